The molecule has 102 valence electrons. The second-order valence-corrected chi connectivity index (χ2v) is 4.75. The Kier molecular flexibility index (Phi) is 4.87. The maximum Gasteiger partial charge on any atom is 0.123 e. The smallest absolute Gasteiger partial charge is 0.123 e. The number of nitrogens with one attached hydrogen (secondary N) is 2. The van der Waals surface area contributed by atoms with Crippen molar-refractivity contribution in [3.63, 3.8) is 0 Å². The molecule has 2 N–H and O–H groups in total. The molecule has 1 aromatic carbocycles. The van der Waals surface area contributed by atoms with Gasteiger partial charge in [0.2, 0.25) is 0 Å². The van der Waals surface area contributed by atoms with Gasteiger partial charge in [-0.15, -0.1) is 0 Å². The molecule has 0 aliphatic rings. The third kappa shape index (κ3) is 3.75. The van der Waals surface area contributed by atoms with Gasteiger partial charge in [0.05, 0.1) is 17.9 Å². The second-order valence-electron chi connectivity index (χ2n) is 4.34. The van der Waals surface area contributed by atoms with Crippen LogP contribution >= 0.6 is 11.6 Å². The van der Waals surface area contributed by atoms with Crippen LogP contribution < -0.4 is 5.32 Å². The highest BCUT2D eigenvalue weighted by Gasteiger charge is 2.16. The Morgan fingerprint density at radius 1 is 1.47 bits per heavy atom. The Balaban J connectivity index is 2.17. The molecule has 0 spiro atoms. The van der Waals surface area contributed by atoms with Crippen molar-refractivity contribution < 1.29 is 4.39 Å². The van der Waals surface area contributed by atoms with E-state index in [0.29, 0.717) is 11.4 Å². The lowest BCUT2D eigenvalue weighted by molar-refractivity contribution is 0.515. The number of H-pyrrole nitrogens is 1. The van der Waals surface area contributed by atoms with Crippen LogP contribution in [0.3, 0.4) is 0 Å². The molecule has 1 atom stereocenters. The third-order valence-electron chi connectivity index (χ3n) is 2.86. The Morgan fingerprint density at radius 2 is 2.32 bits per heavy atom. The van der Waals surface area contributed by atoms with Crippen molar-refractivity contribution in [2.24, 2.45) is 0 Å². The molecule has 0 radical (unpaired) electrons. The molecule has 0 amide bonds. The molecule has 0 fully saturated rings. The highest BCUT2D eigenvalue weighted by Crippen LogP contribution is 2.23. The van der Waals surface area contributed by atoms with Crippen LogP contribution in [0.15, 0.2) is 24.4 Å². The molecular formula is C13H16ClFN4. The molecule has 2 rings (SSSR count). The van der Waals surface area contributed by atoms with Crippen LogP contribution in [0.25, 0.3) is 0 Å². The van der Waals surface area contributed by atoms with Gasteiger partial charge in [0.15, 0.2) is 0 Å². The number of aromatic amines is 1. The van der Waals surface area contributed by atoms with E-state index in [4.69, 9.17) is 11.6 Å². The monoisotopic (exact) mass is 282 g/mol. The average molecular weight is 283 g/mol. The van der Waals surface area contributed by atoms with Crippen molar-refractivity contribution in [2.45, 2.75) is 25.8 Å². The number of benzene rings is 1. The van der Waals surface area contributed by atoms with Crippen LogP contribution in [0.4, 0.5) is 4.39 Å². The molecule has 0 bridgehead atoms. The average Bonchev–Trinajstić information content (AvgIpc) is 2.92. The molecular weight excluding hydrogens is 267 g/mol. The standard InChI is InChI=1S/C13H16ClFN4/c1-2-5-16-12(13-8-17-19-18-13)7-9-6-10(15)3-4-11(9)14/h3-4,6,8,12,16H,2,5,7H2,1H3,(H,17,18,19). The fraction of sp³-hybridized carbons (Fsp3) is 0.385. The van der Waals surface area contributed by atoms with Crippen LogP contribution in [0.1, 0.15) is 30.6 Å². The lowest BCUT2D eigenvalue weighted by atomic mass is 10.0. The van der Waals surface area contributed by atoms with Gasteiger partial charge in [0.1, 0.15) is 5.82 Å². The van der Waals surface area contributed by atoms with E-state index in [1.807, 2.05) is 0 Å². The van der Waals surface area contributed by atoms with Crippen molar-refractivity contribution in [2.75, 3.05) is 6.54 Å². The zero-order valence-electron chi connectivity index (χ0n) is 10.7. The number of aromatic nitrogens is 3. The molecule has 0 saturated carbocycles. The molecule has 0 aliphatic carbocycles. The summed E-state index contributed by atoms with van der Waals surface area (Å²) in [6.07, 6.45) is 3.24. The van der Waals surface area contributed by atoms with Crippen LogP contribution in [-0.2, 0) is 6.42 Å². The lowest BCUT2D eigenvalue weighted by Crippen LogP contribution is -2.24. The van der Waals surface area contributed by atoms with E-state index in [1.165, 1.54) is 12.1 Å². The summed E-state index contributed by atoms with van der Waals surface area (Å²) in [5, 5.41) is 14.4. The highest BCUT2D eigenvalue weighted by molar-refractivity contribution is 6.31. The highest BCUT2D eigenvalue weighted by atomic mass is 35.5. The van der Waals surface area contributed by atoms with Crippen molar-refractivity contribution in [1.29, 1.82) is 0 Å². The van der Waals surface area contributed by atoms with Gasteiger partial charge in [-0.2, -0.15) is 15.4 Å². The van der Waals surface area contributed by atoms with Crippen LogP contribution in [0.2, 0.25) is 5.02 Å². The number of rotatable bonds is 6. The fourth-order valence-electron chi connectivity index (χ4n) is 1.90. The first-order chi connectivity index (χ1) is 9.20. The molecule has 2 aromatic rings. The summed E-state index contributed by atoms with van der Waals surface area (Å²) in [6.45, 7) is 2.94. The summed E-state index contributed by atoms with van der Waals surface area (Å²) < 4.78 is 13.3. The van der Waals surface area contributed by atoms with Gasteiger partial charge < -0.3 is 5.32 Å². The van der Waals surface area contributed by atoms with E-state index in [9.17, 15) is 4.39 Å². The fourth-order valence-corrected chi connectivity index (χ4v) is 2.09. The predicted octanol–water partition coefficient (Wildman–Crippen LogP) is 2.88. The van der Waals surface area contributed by atoms with Gasteiger partial charge >= 0.3 is 0 Å². The first kappa shape index (κ1) is 14.0. The normalized spacial score (nSPS) is 12.6. The minimum atomic E-state index is -0.284. The number of nitrogens with zero attached hydrogens (tertiary/aromatic N) is 2. The zero-order chi connectivity index (χ0) is 13.7. The van der Waals surface area contributed by atoms with Gasteiger partial charge in [-0.25, -0.2) is 4.39 Å². The van der Waals surface area contributed by atoms with E-state index < -0.39 is 0 Å². The first-order valence-electron chi connectivity index (χ1n) is 6.23. The van der Waals surface area contributed by atoms with Gasteiger partial charge in [-0.1, -0.05) is 18.5 Å². The first-order valence-corrected chi connectivity index (χ1v) is 6.61. The molecule has 4 nitrogen and oxygen atoms in total. The molecule has 1 heterocycles. The third-order valence-corrected chi connectivity index (χ3v) is 3.23. The number of hydrogen-bond acceptors (Lipinski definition) is 3. The topological polar surface area (TPSA) is 53.6 Å². The molecule has 1 aromatic heterocycles. The molecule has 6 heteroatoms. The summed E-state index contributed by atoms with van der Waals surface area (Å²) in [4.78, 5) is 0. The summed E-state index contributed by atoms with van der Waals surface area (Å²) in [7, 11) is 0. The van der Waals surface area contributed by atoms with Crippen molar-refractivity contribution in [3.8, 4) is 0 Å². The Bertz CT molecular complexity index is 515. The predicted molar refractivity (Wildman–Crippen MR) is 72.5 cm³/mol. The van der Waals surface area contributed by atoms with Gasteiger partial charge in [0.25, 0.3) is 0 Å². The lowest BCUT2D eigenvalue weighted by Gasteiger charge is -2.16. The molecule has 0 saturated heterocycles. The Morgan fingerprint density at radius 3 is 3.00 bits per heavy atom. The minimum absolute atomic E-state index is 0.0296. The van der Waals surface area contributed by atoms with Crippen molar-refractivity contribution in [3.05, 3.63) is 46.5 Å². The Labute approximate surface area is 116 Å². The van der Waals surface area contributed by atoms with E-state index in [2.05, 4.69) is 27.7 Å². The summed E-state index contributed by atoms with van der Waals surface area (Å²) in [5.41, 5.74) is 1.56. The maximum absolute atomic E-state index is 13.3. The van der Waals surface area contributed by atoms with Crippen molar-refractivity contribution >= 4 is 11.6 Å². The van der Waals surface area contributed by atoms with Crippen LogP contribution in [0.5, 0.6) is 0 Å². The Hall–Kier alpha value is -1.46. The van der Waals surface area contributed by atoms with Crippen LogP contribution in [0, 0.1) is 5.82 Å². The number of halogens is 2. The van der Waals surface area contributed by atoms with Gasteiger partial charge in [-0.05, 0) is 43.1 Å². The van der Waals surface area contributed by atoms with E-state index in [1.54, 1.807) is 12.3 Å². The number of hydrogen-bond donors (Lipinski definition) is 2. The summed E-state index contributed by atoms with van der Waals surface area (Å²) >= 11 is 6.10. The van der Waals surface area contributed by atoms with E-state index in [-0.39, 0.29) is 11.9 Å². The quantitative estimate of drug-likeness (QED) is 0.856. The summed E-state index contributed by atoms with van der Waals surface area (Å²) in [5.74, 6) is -0.284. The summed E-state index contributed by atoms with van der Waals surface area (Å²) in [6, 6.07) is 4.36. The SMILES string of the molecule is CCCNC(Cc1cc(F)ccc1Cl)c1cn[nH]n1. The molecule has 1 unspecified atom stereocenters. The molecule has 19 heavy (non-hydrogen) atoms. The van der Waals surface area contributed by atoms with Crippen LogP contribution in [-0.4, -0.2) is 22.0 Å². The minimum Gasteiger partial charge on any atom is -0.308 e. The van der Waals surface area contributed by atoms with Gasteiger partial charge in [0, 0.05) is 5.02 Å². The van der Waals surface area contributed by atoms with E-state index in [0.717, 1.165) is 24.2 Å². The van der Waals surface area contributed by atoms with Crippen molar-refractivity contribution in [1.82, 2.24) is 20.7 Å². The second kappa shape index (κ2) is 6.63. The van der Waals surface area contributed by atoms with Gasteiger partial charge in [-0.3, -0.25) is 0 Å². The largest absolute Gasteiger partial charge is 0.308 e. The molecule has 0 aliphatic heterocycles. The zero-order valence-corrected chi connectivity index (χ0v) is 11.4. The maximum atomic E-state index is 13.3. The van der Waals surface area contributed by atoms with E-state index >= 15 is 0 Å².